The van der Waals surface area contributed by atoms with Crippen molar-refractivity contribution in [3.05, 3.63) is 24.0 Å². The van der Waals surface area contributed by atoms with E-state index in [4.69, 9.17) is 10.8 Å². The van der Waals surface area contributed by atoms with Gasteiger partial charge in [0.25, 0.3) is 5.91 Å². The Kier molecular flexibility index (Phi) is 3.90. The molecule has 0 aromatic carbocycles. The number of nitrogens with zero attached hydrogens (tertiary/aromatic N) is 1. The van der Waals surface area contributed by atoms with Crippen molar-refractivity contribution in [3.8, 4) is 0 Å². The topological polar surface area (TPSA) is 105 Å². The molecule has 0 aliphatic heterocycles. The van der Waals surface area contributed by atoms with Crippen molar-refractivity contribution in [2.75, 3.05) is 5.73 Å². The second-order valence-electron chi connectivity index (χ2n) is 5.05. The lowest BCUT2D eigenvalue weighted by molar-refractivity contribution is -0.142. The molecular formula is C12H17N3O3. The zero-order chi connectivity index (χ0) is 13.9. The monoisotopic (exact) mass is 251 g/mol. The minimum atomic E-state index is -1.09. The molecule has 1 heterocycles. The number of pyridine rings is 1. The van der Waals surface area contributed by atoms with Crippen molar-refractivity contribution in [1.82, 2.24) is 10.3 Å². The maximum absolute atomic E-state index is 11.9. The van der Waals surface area contributed by atoms with Gasteiger partial charge in [0.2, 0.25) is 0 Å². The third-order valence-corrected chi connectivity index (χ3v) is 2.44. The van der Waals surface area contributed by atoms with E-state index < -0.39 is 23.3 Å². The number of carbonyl (C=O) groups is 2. The molecular weight excluding hydrogens is 234 g/mol. The first kappa shape index (κ1) is 14.0. The molecule has 0 bridgehead atoms. The van der Waals surface area contributed by atoms with E-state index in [1.807, 2.05) is 0 Å². The standard InChI is InChI=1S/C12H17N3O3/c1-12(2,3)9(11(17)18)15-10(16)8-7(13)5-4-6-14-8/h4-6,9H,13H2,1-3H3,(H,15,16)(H,17,18)/t9-/m1/s1. The summed E-state index contributed by atoms with van der Waals surface area (Å²) >= 11 is 0. The van der Waals surface area contributed by atoms with Gasteiger partial charge in [0.15, 0.2) is 5.69 Å². The molecule has 0 radical (unpaired) electrons. The first-order valence-electron chi connectivity index (χ1n) is 5.47. The predicted molar refractivity (Wildman–Crippen MR) is 67.0 cm³/mol. The average molecular weight is 251 g/mol. The summed E-state index contributed by atoms with van der Waals surface area (Å²) in [5.41, 5.74) is 5.26. The fourth-order valence-electron chi connectivity index (χ4n) is 1.46. The van der Waals surface area contributed by atoms with Crippen LogP contribution < -0.4 is 11.1 Å². The van der Waals surface area contributed by atoms with E-state index in [2.05, 4.69) is 10.3 Å². The van der Waals surface area contributed by atoms with Crippen molar-refractivity contribution >= 4 is 17.6 Å². The van der Waals surface area contributed by atoms with Gasteiger partial charge in [-0.15, -0.1) is 0 Å². The maximum atomic E-state index is 11.9. The Hall–Kier alpha value is -2.11. The highest BCUT2D eigenvalue weighted by Gasteiger charge is 2.33. The molecule has 0 saturated heterocycles. The summed E-state index contributed by atoms with van der Waals surface area (Å²) in [5.74, 6) is -1.68. The quantitative estimate of drug-likeness (QED) is 0.740. The Morgan fingerprint density at radius 3 is 2.50 bits per heavy atom. The number of amides is 1. The van der Waals surface area contributed by atoms with Crippen LogP contribution in [0.4, 0.5) is 5.69 Å². The zero-order valence-electron chi connectivity index (χ0n) is 10.6. The van der Waals surface area contributed by atoms with Crippen LogP contribution in [0.3, 0.4) is 0 Å². The van der Waals surface area contributed by atoms with Crippen LogP contribution in [0.5, 0.6) is 0 Å². The molecule has 0 saturated carbocycles. The fourth-order valence-corrected chi connectivity index (χ4v) is 1.46. The van der Waals surface area contributed by atoms with E-state index >= 15 is 0 Å². The van der Waals surface area contributed by atoms with Gasteiger partial charge in [-0.3, -0.25) is 4.79 Å². The Labute approximate surface area is 105 Å². The molecule has 98 valence electrons. The molecule has 0 aliphatic rings. The number of nitrogens with one attached hydrogen (secondary N) is 1. The number of hydrogen-bond acceptors (Lipinski definition) is 4. The van der Waals surface area contributed by atoms with E-state index in [0.717, 1.165) is 0 Å². The number of nitrogen functional groups attached to an aromatic ring is 1. The van der Waals surface area contributed by atoms with Crippen LogP contribution in [-0.2, 0) is 4.79 Å². The lowest BCUT2D eigenvalue weighted by Gasteiger charge is -2.27. The second kappa shape index (κ2) is 5.03. The van der Waals surface area contributed by atoms with Gasteiger partial charge in [-0.05, 0) is 17.5 Å². The second-order valence-corrected chi connectivity index (χ2v) is 5.05. The van der Waals surface area contributed by atoms with Gasteiger partial charge in [-0.2, -0.15) is 0 Å². The largest absolute Gasteiger partial charge is 0.480 e. The Morgan fingerprint density at radius 1 is 1.44 bits per heavy atom. The van der Waals surface area contributed by atoms with E-state index in [1.54, 1.807) is 26.8 Å². The molecule has 1 aromatic heterocycles. The maximum Gasteiger partial charge on any atom is 0.326 e. The number of anilines is 1. The van der Waals surface area contributed by atoms with E-state index in [0.29, 0.717) is 0 Å². The summed E-state index contributed by atoms with van der Waals surface area (Å²) in [4.78, 5) is 26.9. The van der Waals surface area contributed by atoms with Crippen molar-refractivity contribution < 1.29 is 14.7 Å². The summed E-state index contributed by atoms with van der Waals surface area (Å²) in [6.07, 6.45) is 1.43. The first-order chi connectivity index (χ1) is 8.23. The molecule has 0 unspecified atom stereocenters. The summed E-state index contributed by atoms with van der Waals surface area (Å²) in [6, 6.07) is 2.13. The van der Waals surface area contributed by atoms with Gasteiger partial charge in [-0.1, -0.05) is 20.8 Å². The normalized spacial score (nSPS) is 12.8. The SMILES string of the molecule is CC(C)(C)[C@H](NC(=O)c1ncccc1N)C(=O)O. The molecule has 1 amide bonds. The number of carboxylic acids is 1. The van der Waals surface area contributed by atoms with Crippen LogP contribution >= 0.6 is 0 Å². The van der Waals surface area contributed by atoms with Crippen LogP contribution in [0.2, 0.25) is 0 Å². The molecule has 0 aliphatic carbocycles. The highest BCUT2D eigenvalue weighted by molar-refractivity contribution is 5.99. The average Bonchev–Trinajstić information content (AvgIpc) is 2.24. The van der Waals surface area contributed by atoms with Gasteiger partial charge in [0.1, 0.15) is 6.04 Å². The highest BCUT2D eigenvalue weighted by Crippen LogP contribution is 2.20. The molecule has 0 fully saturated rings. The number of carboxylic acid groups (broad SMARTS) is 1. The lowest BCUT2D eigenvalue weighted by atomic mass is 9.86. The molecule has 1 rings (SSSR count). The Bertz CT molecular complexity index is 466. The molecule has 6 heteroatoms. The number of aromatic nitrogens is 1. The van der Waals surface area contributed by atoms with Crippen molar-refractivity contribution in [2.24, 2.45) is 5.41 Å². The smallest absolute Gasteiger partial charge is 0.326 e. The zero-order valence-corrected chi connectivity index (χ0v) is 10.6. The predicted octanol–water partition coefficient (Wildman–Crippen LogP) is 0.893. The molecule has 1 atom stereocenters. The molecule has 1 aromatic rings. The number of nitrogens with two attached hydrogens (primary N) is 1. The van der Waals surface area contributed by atoms with Gasteiger partial charge >= 0.3 is 5.97 Å². The van der Waals surface area contributed by atoms with E-state index in [-0.39, 0.29) is 11.4 Å². The van der Waals surface area contributed by atoms with Gasteiger partial charge < -0.3 is 16.2 Å². The summed E-state index contributed by atoms with van der Waals surface area (Å²) in [6.45, 7) is 5.19. The molecule has 6 nitrogen and oxygen atoms in total. The molecule has 4 N–H and O–H groups in total. The van der Waals surface area contributed by atoms with Crippen LogP contribution in [0.15, 0.2) is 18.3 Å². The van der Waals surface area contributed by atoms with Crippen LogP contribution in [0.25, 0.3) is 0 Å². The summed E-state index contributed by atoms with van der Waals surface area (Å²) in [5, 5.41) is 11.5. The molecule has 0 spiro atoms. The number of rotatable bonds is 3. The number of aliphatic carboxylic acids is 1. The third kappa shape index (κ3) is 3.19. The van der Waals surface area contributed by atoms with Gasteiger partial charge in [0.05, 0.1) is 5.69 Å². The van der Waals surface area contributed by atoms with Crippen molar-refractivity contribution in [2.45, 2.75) is 26.8 Å². The lowest BCUT2D eigenvalue weighted by Crippen LogP contribution is -2.49. The number of carbonyl (C=O) groups excluding carboxylic acids is 1. The molecule has 18 heavy (non-hydrogen) atoms. The van der Waals surface area contributed by atoms with Gasteiger partial charge in [-0.25, -0.2) is 9.78 Å². The van der Waals surface area contributed by atoms with Gasteiger partial charge in [0, 0.05) is 6.20 Å². The van der Waals surface area contributed by atoms with Crippen LogP contribution in [-0.4, -0.2) is 28.0 Å². The Balaban J connectivity index is 2.93. The Morgan fingerprint density at radius 2 is 2.06 bits per heavy atom. The highest BCUT2D eigenvalue weighted by atomic mass is 16.4. The van der Waals surface area contributed by atoms with Crippen molar-refractivity contribution in [1.29, 1.82) is 0 Å². The summed E-state index contributed by atoms with van der Waals surface area (Å²) < 4.78 is 0. The fraction of sp³-hybridized carbons (Fsp3) is 0.417. The summed E-state index contributed by atoms with van der Waals surface area (Å²) in [7, 11) is 0. The van der Waals surface area contributed by atoms with Crippen LogP contribution in [0.1, 0.15) is 31.3 Å². The van der Waals surface area contributed by atoms with E-state index in [1.165, 1.54) is 12.3 Å². The number of hydrogen-bond donors (Lipinski definition) is 3. The third-order valence-electron chi connectivity index (χ3n) is 2.44. The first-order valence-corrected chi connectivity index (χ1v) is 5.47. The minimum Gasteiger partial charge on any atom is -0.480 e. The van der Waals surface area contributed by atoms with Crippen molar-refractivity contribution in [3.63, 3.8) is 0 Å². The minimum absolute atomic E-state index is 0.0352. The van der Waals surface area contributed by atoms with Crippen LogP contribution in [0, 0.1) is 5.41 Å². The van der Waals surface area contributed by atoms with E-state index in [9.17, 15) is 9.59 Å².